The Kier molecular flexibility index (Phi) is 3.38. The third kappa shape index (κ3) is 2.78. The van der Waals surface area contributed by atoms with E-state index in [2.05, 4.69) is 24.5 Å². The molecule has 1 fully saturated rings. The molecule has 1 aromatic rings. The van der Waals surface area contributed by atoms with Gasteiger partial charge in [-0.1, -0.05) is 13.8 Å². The Balaban J connectivity index is 2.14. The van der Waals surface area contributed by atoms with E-state index in [1.165, 1.54) is 6.07 Å². The van der Waals surface area contributed by atoms with E-state index in [9.17, 15) is 4.39 Å². The van der Waals surface area contributed by atoms with E-state index in [0.29, 0.717) is 6.04 Å². The number of hydrogen-bond acceptors (Lipinski definition) is 2. The number of aryl methyl sites for hydroxylation is 1. The minimum Gasteiger partial charge on any atom is -0.381 e. The molecule has 0 spiro atoms. The van der Waals surface area contributed by atoms with Crippen LogP contribution in [0.5, 0.6) is 0 Å². The summed E-state index contributed by atoms with van der Waals surface area (Å²) in [7, 11) is 0. The van der Waals surface area contributed by atoms with Crippen molar-refractivity contribution in [1.29, 1.82) is 0 Å². The van der Waals surface area contributed by atoms with Gasteiger partial charge < -0.3 is 10.6 Å². The van der Waals surface area contributed by atoms with E-state index >= 15 is 0 Å². The second-order valence-corrected chi connectivity index (χ2v) is 5.61. The van der Waals surface area contributed by atoms with Crippen LogP contribution < -0.4 is 10.6 Å². The van der Waals surface area contributed by atoms with Crippen LogP contribution in [-0.4, -0.2) is 19.1 Å². The van der Waals surface area contributed by atoms with Crippen LogP contribution in [0.4, 0.5) is 10.1 Å². The Morgan fingerprint density at radius 1 is 1.41 bits per heavy atom. The van der Waals surface area contributed by atoms with Crippen molar-refractivity contribution in [2.24, 2.45) is 5.41 Å². The number of nitrogens with one attached hydrogen (secondary N) is 2. The van der Waals surface area contributed by atoms with Gasteiger partial charge in [0.05, 0.1) is 0 Å². The Morgan fingerprint density at radius 2 is 2.18 bits per heavy atom. The van der Waals surface area contributed by atoms with Gasteiger partial charge in [0.15, 0.2) is 0 Å². The molecule has 1 saturated heterocycles. The maximum absolute atomic E-state index is 13.0. The van der Waals surface area contributed by atoms with Crippen LogP contribution in [0.3, 0.4) is 0 Å². The fourth-order valence-electron chi connectivity index (χ4n) is 2.42. The van der Waals surface area contributed by atoms with Crippen molar-refractivity contribution in [3.63, 3.8) is 0 Å². The second-order valence-electron chi connectivity index (χ2n) is 5.61. The highest BCUT2D eigenvalue weighted by Crippen LogP contribution is 2.29. The number of halogens is 1. The third-order valence-corrected chi connectivity index (χ3v) is 3.65. The van der Waals surface area contributed by atoms with Gasteiger partial charge in [-0.2, -0.15) is 0 Å². The van der Waals surface area contributed by atoms with Gasteiger partial charge in [0.1, 0.15) is 5.82 Å². The van der Waals surface area contributed by atoms with Crippen LogP contribution in [0.25, 0.3) is 0 Å². The molecule has 1 unspecified atom stereocenters. The number of rotatable bonds is 2. The topological polar surface area (TPSA) is 24.1 Å². The molecule has 17 heavy (non-hydrogen) atoms. The van der Waals surface area contributed by atoms with Crippen molar-refractivity contribution in [1.82, 2.24) is 5.32 Å². The number of anilines is 1. The molecular weight excluding hydrogens is 215 g/mol. The molecule has 1 aliphatic rings. The summed E-state index contributed by atoms with van der Waals surface area (Å²) in [5, 5.41) is 6.97. The first kappa shape index (κ1) is 12.4. The summed E-state index contributed by atoms with van der Waals surface area (Å²) in [6.45, 7) is 8.52. The van der Waals surface area contributed by atoms with E-state index in [-0.39, 0.29) is 11.2 Å². The summed E-state index contributed by atoms with van der Waals surface area (Å²) >= 11 is 0. The fraction of sp³-hybridized carbons (Fsp3) is 0.571. The Bertz CT molecular complexity index is 401. The van der Waals surface area contributed by atoms with Crippen molar-refractivity contribution >= 4 is 5.69 Å². The molecule has 1 heterocycles. The Hall–Kier alpha value is -1.09. The molecule has 2 nitrogen and oxygen atoms in total. The maximum Gasteiger partial charge on any atom is 0.123 e. The minimum absolute atomic E-state index is 0.169. The van der Waals surface area contributed by atoms with Crippen molar-refractivity contribution in [2.45, 2.75) is 33.2 Å². The van der Waals surface area contributed by atoms with Gasteiger partial charge in [-0.25, -0.2) is 4.39 Å². The van der Waals surface area contributed by atoms with E-state index in [1.54, 1.807) is 6.07 Å². The molecule has 0 radical (unpaired) electrons. The average molecular weight is 236 g/mol. The van der Waals surface area contributed by atoms with Crippen LogP contribution >= 0.6 is 0 Å². The van der Waals surface area contributed by atoms with Crippen molar-refractivity contribution in [2.75, 3.05) is 18.4 Å². The number of benzene rings is 1. The summed E-state index contributed by atoms with van der Waals surface area (Å²) in [5.41, 5.74) is 2.24. The quantitative estimate of drug-likeness (QED) is 0.825. The molecule has 0 amide bonds. The molecule has 3 heteroatoms. The van der Waals surface area contributed by atoms with Crippen molar-refractivity contribution < 1.29 is 4.39 Å². The molecule has 0 aliphatic carbocycles. The molecule has 1 aliphatic heterocycles. The fourth-order valence-corrected chi connectivity index (χ4v) is 2.42. The highest BCUT2D eigenvalue weighted by atomic mass is 19.1. The summed E-state index contributed by atoms with van der Waals surface area (Å²) < 4.78 is 13.0. The Labute approximate surface area is 103 Å². The zero-order chi connectivity index (χ0) is 12.5. The van der Waals surface area contributed by atoms with Gasteiger partial charge in [0, 0.05) is 18.3 Å². The maximum atomic E-state index is 13.0. The monoisotopic (exact) mass is 236 g/mol. The average Bonchev–Trinajstić information content (AvgIpc) is 2.24. The molecule has 1 atom stereocenters. The first-order chi connectivity index (χ1) is 7.99. The predicted molar refractivity (Wildman–Crippen MR) is 69.8 cm³/mol. The lowest BCUT2D eigenvalue weighted by atomic mass is 9.80. The summed E-state index contributed by atoms with van der Waals surface area (Å²) in [6, 6.07) is 5.37. The summed E-state index contributed by atoms with van der Waals surface area (Å²) in [6.07, 6.45) is 1.10. The van der Waals surface area contributed by atoms with E-state index in [1.807, 2.05) is 13.0 Å². The van der Waals surface area contributed by atoms with Gasteiger partial charge in [-0.15, -0.1) is 0 Å². The normalized spacial score (nSPS) is 23.4. The molecule has 0 bridgehead atoms. The van der Waals surface area contributed by atoms with E-state index in [0.717, 1.165) is 30.8 Å². The summed E-state index contributed by atoms with van der Waals surface area (Å²) in [4.78, 5) is 0. The third-order valence-electron chi connectivity index (χ3n) is 3.65. The van der Waals surface area contributed by atoms with Crippen LogP contribution in [0.15, 0.2) is 18.2 Å². The van der Waals surface area contributed by atoms with Gasteiger partial charge in [-0.05, 0) is 49.1 Å². The lowest BCUT2D eigenvalue weighted by Crippen LogP contribution is -2.49. The van der Waals surface area contributed by atoms with Crippen molar-refractivity contribution in [3.05, 3.63) is 29.6 Å². The minimum atomic E-state index is -0.169. The van der Waals surface area contributed by atoms with Gasteiger partial charge in [0.25, 0.3) is 0 Å². The number of piperidine rings is 1. The van der Waals surface area contributed by atoms with Crippen LogP contribution in [0.2, 0.25) is 0 Å². The zero-order valence-electron chi connectivity index (χ0n) is 10.8. The molecule has 94 valence electrons. The molecule has 2 N–H and O–H groups in total. The van der Waals surface area contributed by atoms with Gasteiger partial charge in [-0.3, -0.25) is 0 Å². The molecule has 0 saturated carbocycles. The van der Waals surface area contributed by atoms with Gasteiger partial charge in [0.2, 0.25) is 0 Å². The first-order valence-electron chi connectivity index (χ1n) is 6.22. The lowest BCUT2D eigenvalue weighted by molar-refractivity contribution is 0.236. The first-order valence-corrected chi connectivity index (χ1v) is 6.22. The smallest absolute Gasteiger partial charge is 0.123 e. The zero-order valence-corrected chi connectivity index (χ0v) is 10.8. The second kappa shape index (κ2) is 4.65. The van der Waals surface area contributed by atoms with Crippen LogP contribution in [0, 0.1) is 18.2 Å². The van der Waals surface area contributed by atoms with E-state index < -0.39 is 0 Å². The number of hydrogen-bond donors (Lipinski definition) is 2. The Morgan fingerprint density at radius 3 is 2.82 bits per heavy atom. The summed E-state index contributed by atoms with van der Waals surface area (Å²) in [5.74, 6) is -0.169. The molecular formula is C14H21FN2. The highest BCUT2D eigenvalue weighted by Gasteiger charge is 2.32. The molecule has 1 aromatic carbocycles. The largest absolute Gasteiger partial charge is 0.381 e. The standard InChI is InChI=1S/C14H21FN2/c1-10-8-11(15)4-5-12(10)17-13-6-7-16-9-14(13,2)3/h4-5,8,13,16-17H,6-7,9H2,1-3H3. The van der Waals surface area contributed by atoms with E-state index in [4.69, 9.17) is 0 Å². The van der Waals surface area contributed by atoms with Gasteiger partial charge >= 0.3 is 0 Å². The predicted octanol–water partition coefficient (Wildman–Crippen LogP) is 2.93. The van der Waals surface area contributed by atoms with Crippen LogP contribution in [-0.2, 0) is 0 Å². The highest BCUT2D eigenvalue weighted by molar-refractivity contribution is 5.51. The molecule has 0 aromatic heterocycles. The van der Waals surface area contributed by atoms with Crippen LogP contribution in [0.1, 0.15) is 25.8 Å². The lowest BCUT2D eigenvalue weighted by Gasteiger charge is -2.40. The SMILES string of the molecule is Cc1cc(F)ccc1NC1CCNCC1(C)C. The van der Waals surface area contributed by atoms with Crippen molar-refractivity contribution in [3.8, 4) is 0 Å². The molecule has 2 rings (SSSR count).